The van der Waals surface area contributed by atoms with Crippen LogP contribution in [0.25, 0.3) is 0 Å². The van der Waals surface area contributed by atoms with E-state index in [9.17, 15) is 4.79 Å². The van der Waals surface area contributed by atoms with Gasteiger partial charge >= 0.3 is 5.97 Å². The minimum absolute atomic E-state index is 0.372. The Hall–Kier alpha value is -1.39. The van der Waals surface area contributed by atoms with Crippen molar-refractivity contribution in [3.8, 4) is 0 Å². The summed E-state index contributed by atoms with van der Waals surface area (Å²) in [6.07, 6.45) is 0.771. The zero-order chi connectivity index (χ0) is 14.1. The van der Waals surface area contributed by atoms with E-state index in [4.69, 9.17) is 15.2 Å². The van der Waals surface area contributed by atoms with Gasteiger partial charge in [-0.3, -0.25) is 0 Å². The Kier molecular flexibility index (Phi) is 3.65. The van der Waals surface area contributed by atoms with Crippen LogP contribution in [0.15, 0.2) is 30.3 Å². The molecule has 0 bridgehead atoms. The van der Waals surface area contributed by atoms with E-state index in [1.54, 1.807) is 0 Å². The van der Waals surface area contributed by atoms with Gasteiger partial charge in [0.1, 0.15) is 5.60 Å². The van der Waals surface area contributed by atoms with Gasteiger partial charge in [-0.25, -0.2) is 4.79 Å². The smallest absolute Gasteiger partial charge is 0.340 e. The third-order valence-electron chi connectivity index (χ3n) is 2.99. The van der Waals surface area contributed by atoms with Crippen molar-refractivity contribution >= 4 is 5.97 Å². The van der Waals surface area contributed by atoms with Crippen LogP contribution < -0.4 is 5.73 Å². The molecule has 1 aliphatic rings. The molecule has 104 valence electrons. The fraction of sp³-hybridized carbons (Fsp3) is 0.533. The highest BCUT2D eigenvalue weighted by atomic mass is 16.7. The monoisotopic (exact) mass is 263 g/mol. The van der Waals surface area contributed by atoms with Crippen LogP contribution in [-0.2, 0) is 20.7 Å². The van der Waals surface area contributed by atoms with E-state index >= 15 is 0 Å². The highest BCUT2D eigenvalue weighted by molar-refractivity contribution is 5.79. The Morgan fingerprint density at radius 2 is 2.00 bits per heavy atom. The number of rotatable bonds is 4. The molecule has 2 N–H and O–H groups in total. The van der Waals surface area contributed by atoms with Crippen LogP contribution >= 0.6 is 0 Å². The lowest BCUT2D eigenvalue weighted by Crippen LogP contribution is -2.35. The summed E-state index contributed by atoms with van der Waals surface area (Å²) in [5.41, 5.74) is 5.85. The number of carbonyl (C=O) groups excluding carboxylic acids is 1. The van der Waals surface area contributed by atoms with Crippen LogP contribution in [0.3, 0.4) is 0 Å². The van der Waals surface area contributed by atoms with Gasteiger partial charge in [0.05, 0.1) is 0 Å². The zero-order valence-corrected chi connectivity index (χ0v) is 11.7. The van der Waals surface area contributed by atoms with E-state index in [0.29, 0.717) is 6.42 Å². The van der Waals surface area contributed by atoms with Gasteiger partial charge in [0, 0.05) is 0 Å². The number of ether oxygens (including phenoxy) is 2. The normalized spacial score (nSPS) is 26.0. The lowest BCUT2D eigenvalue weighted by molar-refractivity contribution is -0.156. The van der Waals surface area contributed by atoms with Crippen molar-refractivity contribution in [2.45, 2.75) is 51.0 Å². The zero-order valence-electron chi connectivity index (χ0n) is 11.7. The van der Waals surface area contributed by atoms with Crippen molar-refractivity contribution in [3.63, 3.8) is 0 Å². The molecule has 1 saturated heterocycles. The predicted octanol–water partition coefficient (Wildman–Crippen LogP) is 2.01. The van der Waals surface area contributed by atoms with Gasteiger partial charge in [-0.1, -0.05) is 30.3 Å². The summed E-state index contributed by atoms with van der Waals surface area (Å²) >= 11 is 0. The van der Waals surface area contributed by atoms with Crippen LogP contribution in [0, 0.1) is 0 Å². The first-order valence-corrected chi connectivity index (χ1v) is 6.54. The maximum Gasteiger partial charge on any atom is 0.340 e. The van der Waals surface area contributed by atoms with Crippen LogP contribution in [0.2, 0.25) is 0 Å². The molecule has 1 fully saturated rings. The van der Waals surface area contributed by atoms with Gasteiger partial charge in [-0.15, -0.1) is 0 Å². The van der Waals surface area contributed by atoms with Crippen molar-refractivity contribution in [3.05, 3.63) is 35.9 Å². The standard InChI is InChI=1S/C15H21NO3/c1-14(2,3)19-13(17)12-15(16,18-12)10-9-11-7-5-4-6-8-11/h4-8,12H,9-10,16H2,1-3H3. The molecule has 4 nitrogen and oxygen atoms in total. The van der Waals surface area contributed by atoms with Gasteiger partial charge in [0.2, 0.25) is 0 Å². The van der Waals surface area contributed by atoms with Crippen molar-refractivity contribution in [2.75, 3.05) is 0 Å². The SMILES string of the molecule is CC(C)(C)OC(=O)C1OC1(N)CCc1ccccc1. The van der Waals surface area contributed by atoms with Crippen molar-refractivity contribution in [1.82, 2.24) is 0 Å². The first-order chi connectivity index (χ1) is 8.80. The van der Waals surface area contributed by atoms with E-state index in [0.717, 1.165) is 6.42 Å². The molecule has 0 amide bonds. The van der Waals surface area contributed by atoms with Gasteiger partial charge in [0.25, 0.3) is 0 Å². The molecule has 1 aromatic carbocycles. The number of hydrogen-bond acceptors (Lipinski definition) is 4. The van der Waals surface area contributed by atoms with E-state index in [-0.39, 0.29) is 5.97 Å². The van der Waals surface area contributed by atoms with Gasteiger partial charge in [-0.2, -0.15) is 0 Å². The summed E-state index contributed by atoms with van der Waals surface area (Å²) in [6.45, 7) is 5.49. The van der Waals surface area contributed by atoms with Crippen LogP contribution in [0.1, 0.15) is 32.8 Å². The molecule has 2 unspecified atom stereocenters. The molecule has 4 heteroatoms. The molecule has 1 aliphatic heterocycles. The summed E-state index contributed by atoms with van der Waals surface area (Å²) in [4.78, 5) is 11.8. The summed E-state index contributed by atoms with van der Waals surface area (Å²) in [5.74, 6) is -0.372. The van der Waals surface area contributed by atoms with E-state index in [1.807, 2.05) is 51.1 Å². The van der Waals surface area contributed by atoms with Crippen molar-refractivity contribution in [1.29, 1.82) is 0 Å². The number of esters is 1. The summed E-state index contributed by atoms with van der Waals surface area (Å²) in [6, 6.07) is 10.0. The Morgan fingerprint density at radius 3 is 2.58 bits per heavy atom. The summed E-state index contributed by atoms with van der Waals surface area (Å²) in [7, 11) is 0. The minimum atomic E-state index is -0.863. The number of epoxide rings is 1. The molecule has 0 aliphatic carbocycles. The highest BCUT2D eigenvalue weighted by Crippen LogP contribution is 2.37. The van der Waals surface area contributed by atoms with Crippen molar-refractivity contribution in [2.24, 2.45) is 5.73 Å². The largest absolute Gasteiger partial charge is 0.458 e. The number of hydrogen-bond donors (Lipinski definition) is 1. The Balaban J connectivity index is 1.85. The Morgan fingerprint density at radius 1 is 1.37 bits per heavy atom. The molecule has 2 rings (SSSR count). The van der Waals surface area contributed by atoms with Crippen molar-refractivity contribution < 1.29 is 14.3 Å². The summed E-state index contributed by atoms with van der Waals surface area (Å²) < 4.78 is 10.6. The molecule has 0 radical (unpaired) electrons. The van der Waals surface area contributed by atoms with Crippen LogP contribution in [-0.4, -0.2) is 23.4 Å². The maximum atomic E-state index is 11.8. The summed E-state index contributed by atoms with van der Waals surface area (Å²) in [5, 5.41) is 0. The second-order valence-electron chi connectivity index (χ2n) is 5.97. The fourth-order valence-electron chi connectivity index (χ4n) is 1.96. The number of aryl methyl sites for hydroxylation is 1. The molecule has 0 aromatic heterocycles. The van der Waals surface area contributed by atoms with E-state index in [1.165, 1.54) is 5.56 Å². The molecule has 1 heterocycles. The third-order valence-corrected chi connectivity index (χ3v) is 2.99. The molecular weight excluding hydrogens is 242 g/mol. The quantitative estimate of drug-likeness (QED) is 0.666. The van der Waals surface area contributed by atoms with Gasteiger partial charge in [-0.05, 0) is 39.2 Å². The maximum absolute atomic E-state index is 11.8. The number of benzene rings is 1. The van der Waals surface area contributed by atoms with Gasteiger partial charge in [0.15, 0.2) is 11.8 Å². The first kappa shape index (κ1) is 14.0. The second-order valence-corrected chi connectivity index (χ2v) is 5.97. The average Bonchev–Trinajstić information content (AvgIpc) is 2.99. The first-order valence-electron chi connectivity index (χ1n) is 6.54. The van der Waals surface area contributed by atoms with E-state index in [2.05, 4.69) is 0 Å². The van der Waals surface area contributed by atoms with Crippen LogP contribution in [0.5, 0.6) is 0 Å². The minimum Gasteiger partial charge on any atom is -0.458 e. The molecular formula is C15H21NO3. The average molecular weight is 263 g/mol. The molecule has 0 saturated carbocycles. The van der Waals surface area contributed by atoms with E-state index < -0.39 is 17.4 Å². The molecule has 2 atom stereocenters. The molecule has 19 heavy (non-hydrogen) atoms. The molecule has 0 spiro atoms. The van der Waals surface area contributed by atoms with Gasteiger partial charge < -0.3 is 15.2 Å². The number of nitrogens with two attached hydrogens (primary N) is 1. The predicted molar refractivity (Wildman–Crippen MR) is 72.4 cm³/mol. The molecule has 1 aromatic rings. The second kappa shape index (κ2) is 4.94. The van der Waals surface area contributed by atoms with Crippen LogP contribution in [0.4, 0.5) is 0 Å². The third kappa shape index (κ3) is 3.78. The fourth-order valence-corrected chi connectivity index (χ4v) is 1.96. The Labute approximate surface area is 113 Å². The highest BCUT2D eigenvalue weighted by Gasteiger charge is 2.59. The Bertz CT molecular complexity index is 452. The lowest BCUT2D eigenvalue weighted by Gasteiger charge is -2.19. The number of carbonyl (C=O) groups is 1. The lowest BCUT2D eigenvalue weighted by atomic mass is 10.0. The topological polar surface area (TPSA) is 64.8 Å².